The molecule has 120 valence electrons. The predicted molar refractivity (Wildman–Crippen MR) is 72.1 cm³/mol. The fraction of sp³-hybridized carbons (Fsp3) is 0.917. The van der Waals surface area contributed by atoms with Crippen LogP contribution in [0.25, 0.3) is 0 Å². The van der Waals surface area contributed by atoms with Crippen LogP contribution in [-0.4, -0.2) is 54.7 Å². The van der Waals surface area contributed by atoms with Crippen LogP contribution in [0.4, 0.5) is 0 Å². The fourth-order valence-electron chi connectivity index (χ4n) is 0.785. The molecule has 0 bridgehead atoms. The van der Waals surface area contributed by atoms with E-state index in [9.17, 15) is 0 Å². The minimum Gasteiger partial charge on any atom is -0.412 e. The summed E-state index contributed by atoms with van der Waals surface area (Å²) >= 11 is 0. The molecule has 0 atom stereocenters. The average Bonchev–Trinajstić information content (AvgIpc) is 2.20. The number of aliphatic hydroxyl groups excluding tert-OH is 2. The molecule has 0 radical (unpaired) electrons. The van der Waals surface area contributed by atoms with Crippen LogP contribution in [0.5, 0.6) is 0 Å². The van der Waals surface area contributed by atoms with Crippen LogP contribution in [0.2, 0.25) is 0 Å². The third-order valence-electron chi connectivity index (χ3n) is 1.09. The fourth-order valence-corrected chi connectivity index (χ4v) is 0.785. The first kappa shape index (κ1) is 31.7. The van der Waals surface area contributed by atoms with E-state index < -0.39 is 5.97 Å². The molecular formula is C12H31O6Ti-. The van der Waals surface area contributed by atoms with Gasteiger partial charge in [-0.1, -0.05) is 0 Å². The Kier molecular flexibility index (Phi) is 45.0. The molecule has 0 aromatic heterocycles. The SMILES string of the molecule is CCO.CCO.O.[CH2-]C(OCC)(OCC)OCC.[Ti]. The Balaban J connectivity index is -0.0000000700. The van der Waals surface area contributed by atoms with Crippen molar-refractivity contribution in [1.82, 2.24) is 0 Å². The molecule has 6 nitrogen and oxygen atoms in total. The zero-order chi connectivity index (χ0) is 14.2. The summed E-state index contributed by atoms with van der Waals surface area (Å²) in [5.74, 6) is -1.10. The van der Waals surface area contributed by atoms with Gasteiger partial charge in [0.15, 0.2) is 0 Å². The normalized spacial score (nSPS) is 8.84. The van der Waals surface area contributed by atoms with Crippen molar-refractivity contribution in [3.8, 4) is 0 Å². The molecule has 0 aromatic rings. The number of hydrogen-bond acceptors (Lipinski definition) is 5. The smallest absolute Gasteiger partial charge is 0.146 e. The molecule has 0 amide bonds. The second-order valence-corrected chi connectivity index (χ2v) is 2.61. The summed E-state index contributed by atoms with van der Waals surface area (Å²) in [7, 11) is 0. The van der Waals surface area contributed by atoms with Crippen molar-refractivity contribution in [3.05, 3.63) is 6.92 Å². The molecule has 0 aliphatic heterocycles. The van der Waals surface area contributed by atoms with Gasteiger partial charge in [-0.3, -0.25) is 6.92 Å². The van der Waals surface area contributed by atoms with E-state index in [1.54, 1.807) is 13.8 Å². The number of rotatable bonds is 6. The van der Waals surface area contributed by atoms with Gasteiger partial charge < -0.3 is 29.9 Å². The Labute approximate surface area is 132 Å². The van der Waals surface area contributed by atoms with E-state index in [1.807, 2.05) is 20.8 Å². The van der Waals surface area contributed by atoms with Gasteiger partial charge in [-0.15, -0.1) is 0 Å². The largest absolute Gasteiger partial charge is 0.412 e. The molecule has 0 rings (SSSR count). The van der Waals surface area contributed by atoms with Gasteiger partial charge in [0, 0.05) is 54.8 Å². The summed E-state index contributed by atoms with van der Waals surface area (Å²) < 4.78 is 15.5. The molecule has 0 spiro atoms. The van der Waals surface area contributed by atoms with Gasteiger partial charge in [0.05, 0.1) is 0 Å². The quantitative estimate of drug-likeness (QED) is 0.428. The summed E-state index contributed by atoms with van der Waals surface area (Å²) in [5.41, 5.74) is 0. The molecule has 0 heterocycles. The van der Waals surface area contributed by atoms with Crippen molar-refractivity contribution < 1.29 is 51.6 Å². The summed E-state index contributed by atoms with van der Waals surface area (Å²) in [4.78, 5) is 0. The Hall–Kier alpha value is 0.474. The first-order valence-corrected chi connectivity index (χ1v) is 6.00. The standard InChI is InChI=1S/C8H17O3.2C2H6O.H2O.Ti/c1-5-9-8(4,10-6-2)11-7-3;2*1-2-3;;/h4-7H2,1-3H3;2*3H,2H2,1H3;1H2;/q-1;;;;. The van der Waals surface area contributed by atoms with Crippen LogP contribution in [0.3, 0.4) is 0 Å². The summed E-state index contributed by atoms with van der Waals surface area (Å²) in [6, 6.07) is 0. The Bertz CT molecular complexity index is 108. The molecule has 0 aliphatic carbocycles. The van der Waals surface area contributed by atoms with E-state index in [-0.39, 0.29) is 40.4 Å². The molecule has 0 aromatic carbocycles. The van der Waals surface area contributed by atoms with E-state index in [4.69, 9.17) is 24.4 Å². The second kappa shape index (κ2) is 26.9. The van der Waals surface area contributed by atoms with Gasteiger partial charge in [-0.2, -0.15) is 0 Å². The van der Waals surface area contributed by atoms with Gasteiger partial charge in [0.25, 0.3) is 0 Å². The maximum Gasteiger partial charge on any atom is 0.146 e. The average molecular weight is 319 g/mol. The predicted octanol–water partition coefficient (Wildman–Crippen LogP) is 0.754. The minimum atomic E-state index is -1.10. The molecule has 4 N–H and O–H groups in total. The van der Waals surface area contributed by atoms with Crippen molar-refractivity contribution in [3.63, 3.8) is 0 Å². The Morgan fingerprint density at radius 3 is 1.05 bits per heavy atom. The van der Waals surface area contributed by atoms with Crippen LogP contribution < -0.4 is 0 Å². The zero-order valence-electron chi connectivity index (χ0n) is 12.9. The molecule has 0 saturated heterocycles. The summed E-state index contributed by atoms with van der Waals surface area (Å²) in [6.07, 6.45) is 0. The zero-order valence-corrected chi connectivity index (χ0v) is 14.4. The van der Waals surface area contributed by atoms with E-state index in [0.717, 1.165) is 0 Å². The van der Waals surface area contributed by atoms with Crippen LogP contribution in [0.15, 0.2) is 0 Å². The Morgan fingerprint density at radius 1 is 0.789 bits per heavy atom. The summed E-state index contributed by atoms with van der Waals surface area (Å²) in [6.45, 7) is 14.7. The monoisotopic (exact) mass is 319 g/mol. The molecule has 19 heavy (non-hydrogen) atoms. The van der Waals surface area contributed by atoms with Gasteiger partial charge >= 0.3 is 0 Å². The van der Waals surface area contributed by atoms with Crippen molar-refractivity contribution in [2.24, 2.45) is 0 Å². The molecule has 0 unspecified atom stereocenters. The summed E-state index contributed by atoms with van der Waals surface area (Å²) in [5, 5.41) is 15.1. The van der Waals surface area contributed by atoms with Gasteiger partial charge in [0.1, 0.15) is 5.97 Å². The van der Waals surface area contributed by atoms with Crippen LogP contribution in [0, 0.1) is 6.92 Å². The maximum absolute atomic E-state index is 7.57. The number of hydrogen-bond donors (Lipinski definition) is 2. The first-order valence-electron chi connectivity index (χ1n) is 6.00. The molecule has 0 aliphatic rings. The van der Waals surface area contributed by atoms with Crippen molar-refractivity contribution >= 4 is 0 Å². The van der Waals surface area contributed by atoms with Gasteiger partial charge in [-0.05, 0) is 34.6 Å². The van der Waals surface area contributed by atoms with Crippen molar-refractivity contribution in [1.29, 1.82) is 0 Å². The third-order valence-corrected chi connectivity index (χ3v) is 1.09. The van der Waals surface area contributed by atoms with E-state index in [2.05, 4.69) is 6.92 Å². The van der Waals surface area contributed by atoms with Crippen molar-refractivity contribution in [2.75, 3.05) is 33.0 Å². The molecule has 0 fully saturated rings. The second-order valence-electron chi connectivity index (χ2n) is 2.61. The Morgan fingerprint density at radius 2 is 0.947 bits per heavy atom. The molecule has 0 saturated carbocycles. The molecular weight excluding hydrogens is 288 g/mol. The van der Waals surface area contributed by atoms with Crippen molar-refractivity contribution in [2.45, 2.75) is 40.6 Å². The van der Waals surface area contributed by atoms with Gasteiger partial charge in [-0.25, -0.2) is 0 Å². The number of ether oxygens (including phenoxy) is 3. The van der Waals surface area contributed by atoms with Gasteiger partial charge in [0.2, 0.25) is 0 Å². The van der Waals surface area contributed by atoms with E-state index in [0.29, 0.717) is 19.8 Å². The topological polar surface area (TPSA) is 99.7 Å². The minimum absolute atomic E-state index is 0. The third kappa shape index (κ3) is 32.2. The van der Waals surface area contributed by atoms with Crippen LogP contribution >= 0.6 is 0 Å². The van der Waals surface area contributed by atoms with Crippen LogP contribution in [0.1, 0.15) is 34.6 Å². The van der Waals surface area contributed by atoms with E-state index in [1.165, 1.54) is 0 Å². The number of aliphatic hydroxyl groups is 2. The van der Waals surface area contributed by atoms with Crippen LogP contribution in [-0.2, 0) is 35.9 Å². The maximum atomic E-state index is 7.57. The first-order chi connectivity index (χ1) is 8.01. The van der Waals surface area contributed by atoms with E-state index >= 15 is 0 Å². The molecule has 7 heteroatoms.